The molecule has 1 amide bonds. The third-order valence-corrected chi connectivity index (χ3v) is 9.07. The van der Waals surface area contributed by atoms with Gasteiger partial charge in [-0.05, 0) is 25.7 Å². The standard InChI is InChI=1S/C20H36N4O4S/c25-20(22-11-9-21(10-12-22)19-6-2-1-3-7-19)18-5-4-8-24(17-18)29(26,27)23-13-15-28-16-14-23/h18-19H,1-17H2. The number of hydrogen-bond donors (Lipinski definition) is 0. The molecule has 9 heteroatoms. The SMILES string of the molecule is O=C(C1CCCN(S(=O)(=O)N2CCOCC2)C1)N1CCN(C2CCCCC2)CC1. The van der Waals surface area contributed by atoms with Crippen LogP contribution in [0.3, 0.4) is 0 Å². The van der Waals surface area contributed by atoms with E-state index in [9.17, 15) is 13.2 Å². The zero-order valence-electron chi connectivity index (χ0n) is 17.5. The molecular formula is C20H36N4O4S. The Morgan fingerprint density at radius 1 is 0.759 bits per heavy atom. The van der Waals surface area contributed by atoms with Crippen LogP contribution in [0.4, 0.5) is 0 Å². The fourth-order valence-electron chi connectivity index (χ4n) is 5.31. The number of rotatable bonds is 4. The molecule has 166 valence electrons. The summed E-state index contributed by atoms with van der Waals surface area (Å²) >= 11 is 0. The van der Waals surface area contributed by atoms with E-state index < -0.39 is 10.2 Å². The molecule has 4 aliphatic rings. The van der Waals surface area contributed by atoms with Crippen molar-refractivity contribution >= 4 is 16.1 Å². The van der Waals surface area contributed by atoms with Crippen molar-refractivity contribution in [2.45, 2.75) is 51.0 Å². The van der Waals surface area contributed by atoms with Gasteiger partial charge in [0.15, 0.2) is 0 Å². The Labute approximate surface area is 175 Å². The number of morpholine rings is 1. The first-order valence-corrected chi connectivity index (χ1v) is 12.8. The van der Waals surface area contributed by atoms with Gasteiger partial charge in [0.25, 0.3) is 10.2 Å². The minimum Gasteiger partial charge on any atom is -0.379 e. The molecule has 29 heavy (non-hydrogen) atoms. The summed E-state index contributed by atoms with van der Waals surface area (Å²) < 4.78 is 34.3. The van der Waals surface area contributed by atoms with Crippen LogP contribution in [0.1, 0.15) is 44.9 Å². The molecule has 1 aliphatic carbocycles. The summed E-state index contributed by atoms with van der Waals surface area (Å²) in [5.41, 5.74) is 0. The lowest BCUT2D eigenvalue weighted by atomic mass is 9.93. The van der Waals surface area contributed by atoms with Crippen LogP contribution in [0.5, 0.6) is 0 Å². The van der Waals surface area contributed by atoms with Crippen molar-refractivity contribution in [2.75, 3.05) is 65.6 Å². The first-order chi connectivity index (χ1) is 14.1. The topological polar surface area (TPSA) is 73.4 Å². The van der Waals surface area contributed by atoms with Gasteiger partial charge in [0.2, 0.25) is 5.91 Å². The summed E-state index contributed by atoms with van der Waals surface area (Å²) in [4.78, 5) is 17.7. The van der Waals surface area contributed by atoms with E-state index in [0.717, 1.165) is 39.0 Å². The van der Waals surface area contributed by atoms with Gasteiger partial charge in [-0.1, -0.05) is 19.3 Å². The van der Waals surface area contributed by atoms with Gasteiger partial charge >= 0.3 is 0 Å². The second-order valence-corrected chi connectivity index (χ2v) is 10.8. The predicted octanol–water partition coefficient (Wildman–Crippen LogP) is 0.752. The second-order valence-electron chi connectivity index (χ2n) is 8.87. The highest BCUT2D eigenvalue weighted by Gasteiger charge is 2.38. The van der Waals surface area contributed by atoms with E-state index in [-0.39, 0.29) is 11.8 Å². The third kappa shape index (κ3) is 4.95. The van der Waals surface area contributed by atoms with Crippen LogP contribution in [0.25, 0.3) is 0 Å². The number of piperazine rings is 1. The van der Waals surface area contributed by atoms with Crippen LogP contribution in [0.15, 0.2) is 0 Å². The van der Waals surface area contributed by atoms with Gasteiger partial charge in [0.05, 0.1) is 19.1 Å². The molecule has 1 unspecified atom stereocenters. The normalized spacial score (nSPS) is 29.8. The monoisotopic (exact) mass is 428 g/mol. The highest BCUT2D eigenvalue weighted by atomic mass is 32.2. The quantitative estimate of drug-likeness (QED) is 0.661. The van der Waals surface area contributed by atoms with Crippen LogP contribution < -0.4 is 0 Å². The maximum Gasteiger partial charge on any atom is 0.282 e. The third-order valence-electron chi connectivity index (χ3n) is 7.07. The Kier molecular flexibility index (Phi) is 7.11. The molecule has 3 heterocycles. The molecule has 4 fully saturated rings. The van der Waals surface area contributed by atoms with Crippen LogP contribution >= 0.6 is 0 Å². The van der Waals surface area contributed by atoms with Crippen LogP contribution in [0.2, 0.25) is 0 Å². The first kappa shape index (κ1) is 21.5. The molecule has 0 aromatic carbocycles. The molecule has 0 aromatic rings. The molecule has 3 saturated heterocycles. The Morgan fingerprint density at radius 3 is 2.14 bits per heavy atom. The number of piperidine rings is 1. The second kappa shape index (κ2) is 9.60. The maximum absolute atomic E-state index is 13.1. The van der Waals surface area contributed by atoms with Gasteiger partial charge in [-0.15, -0.1) is 0 Å². The Hall–Kier alpha value is -0.740. The average molecular weight is 429 g/mol. The lowest BCUT2D eigenvalue weighted by Crippen LogP contribution is -2.56. The first-order valence-electron chi connectivity index (χ1n) is 11.4. The summed E-state index contributed by atoms with van der Waals surface area (Å²) in [5.74, 6) is -0.0593. The molecule has 1 atom stereocenters. The summed E-state index contributed by atoms with van der Waals surface area (Å²) in [7, 11) is -3.50. The van der Waals surface area contributed by atoms with E-state index in [1.54, 1.807) is 0 Å². The molecular weight excluding hydrogens is 392 g/mol. The van der Waals surface area contributed by atoms with Crippen LogP contribution in [-0.4, -0.2) is 104 Å². The maximum atomic E-state index is 13.1. The van der Waals surface area contributed by atoms with Crippen molar-refractivity contribution in [3.05, 3.63) is 0 Å². The molecule has 8 nitrogen and oxygen atoms in total. The fourth-order valence-corrected chi connectivity index (χ4v) is 6.97. The van der Waals surface area contributed by atoms with Crippen molar-refractivity contribution < 1.29 is 17.9 Å². The Balaban J connectivity index is 1.31. The summed E-state index contributed by atoms with van der Waals surface area (Å²) in [6.45, 7) is 6.00. The highest BCUT2D eigenvalue weighted by molar-refractivity contribution is 7.86. The predicted molar refractivity (Wildman–Crippen MR) is 111 cm³/mol. The lowest BCUT2D eigenvalue weighted by molar-refractivity contribution is -0.139. The molecule has 1 saturated carbocycles. The Bertz CT molecular complexity index is 653. The van der Waals surface area contributed by atoms with Crippen LogP contribution in [0, 0.1) is 5.92 Å². The number of nitrogens with zero attached hydrogens (tertiary/aromatic N) is 4. The highest BCUT2D eigenvalue weighted by Crippen LogP contribution is 2.26. The van der Waals surface area contributed by atoms with Gasteiger partial charge < -0.3 is 9.64 Å². The number of amides is 1. The summed E-state index contributed by atoms with van der Waals surface area (Å²) in [6.07, 6.45) is 8.16. The van der Waals surface area contributed by atoms with Gasteiger partial charge in [-0.2, -0.15) is 17.0 Å². The van der Waals surface area contributed by atoms with Gasteiger partial charge in [0, 0.05) is 58.4 Å². The zero-order valence-corrected chi connectivity index (χ0v) is 18.3. The van der Waals surface area contributed by atoms with E-state index in [0.29, 0.717) is 45.4 Å². The van der Waals surface area contributed by atoms with Crippen molar-refractivity contribution in [1.29, 1.82) is 0 Å². The fraction of sp³-hybridized carbons (Fsp3) is 0.950. The van der Waals surface area contributed by atoms with Gasteiger partial charge in [-0.25, -0.2) is 0 Å². The van der Waals surface area contributed by atoms with E-state index in [2.05, 4.69) is 4.90 Å². The van der Waals surface area contributed by atoms with Gasteiger partial charge in [-0.3, -0.25) is 9.69 Å². The average Bonchev–Trinajstić information content (AvgIpc) is 2.80. The van der Waals surface area contributed by atoms with E-state index in [1.807, 2.05) is 4.90 Å². The number of ether oxygens (including phenoxy) is 1. The van der Waals surface area contributed by atoms with Crippen molar-refractivity contribution in [3.63, 3.8) is 0 Å². The van der Waals surface area contributed by atoms with Crippen molar-refractivity contribution in [2.24, 2.45) is 5.92 Å². The number of carbonyl (C=O) groups excluding carboxylic acids is 1. The minimum atomic E-state index is -3.50. The molecule has 0 N–H and O–H groups in total. The molecule has 4 rings (SSSR count). The smallest absolute Gasteiger partial charge is 0.282 e. The zero-order chi connectivity index (χ0) is 20.3. The molecule has 0 spiro atoms. The molecule has 0 aromatic heterocycles. The Morgan fingerprint density at radius 2 is 1.45 bits per heavy atom. The van der Waals surface area contributed by atoms with E-state index >= 15 is 0 Å². The molecule has 0 radical (unpaired) electrons. The summed E-state index contributed by atoms with van der Waals surface area (Å²) in [5, 5.41) is 0. The van der Waals surface area contributed by atoms with Crippen LogP contribution in [-0.2, 0) is 19.7 Å². The van der Waals surface area contributed by atoms with E-state index in [1.165, 1.54) is 40.7 Å². The number of hydrogen-bond acceptors (Lipinski definition) is 5. The molecule has 0 bridgehead atoms. The minimum absolute atomic E-state index is 0.148. The van der Waals surface area contributed by atoms with E-state index in [4.69, 9.17) is 4.74 Å². The largest absolute Gasteiger partial charge is 0.379 e. The van der Waals surface area contributed by atoms with Gasteiger partial charge in [0.1, 0.15) is 0 Å². The lowest BCUT2D eigenvalue weighted by Gasteiger charge is -2.42. The van der Waals surface area contributed by atoms with Crippen molar-refractivity contribution in [3.8, 4) is 0 Å². The summed E-state index contributed by atoms with van der Waals surface area (Å²) in [6, 6.07) is 0.699. The molecule has 3 aliphatic heterocycles. The number of carbonyl (C=O) groups is 1. The van der Waals surface area contributed by atoms with Crippen molar-refractivity contribution in [1.82, 2.24) is 18.4 Å².